The molecule has 0 aliphatic heterocycles. The number of hydrogen-bond acceptors (Lipinski definition) is 8. The van der Waals surface area contributed by atoms with Gasteiger partial charge in [-0.25, -0.2) is 0 Å². The first-order valence-electron chi connectivity index (χ1n) is 7.89. The van der Waals surface area contributed by atoms with E-state index in [0.717, 1.165) is 11.4 Å². The van der Waals surface area contributed by atoms with Gasteiger partial charge in [0.25, 0.3) is 5.91 Å². The van der Waals surface area contributed by atoms with E-state index >= 15 is 0 Å². The molecule has 1 aromatic carbocycles. The maximum Gasteiger partial charge on any atom is 0.267 e. The molecule has 2 aromatic heterocycles. The lowest BCUT2D eigenvalue weighted by molar-refractivity contribution is -0.113. The average molecular weight is 420 g/mol. The van der Waals surface area contributed by atoms with E-state index in [2.05, 4.69) is 20.8 Å². The quantitative estimate of drug-likeness (QED) is 0.449. The van der Waals surface area contributed by atoms with Crippen LogP contribution in [0.5, 0.6) is 0 Å². The summed E-state index contributed by atoms with van der Waals surface area (Å²) < 4.78 is 0.620. The van der Waals surface area contributed by atoms with E-state index < -0.39 is 0 Å². The molecule has 0 aliphatic rings. The molecule has 0 fully saturated rings. The normalized spacial score (nSPS) is 10.4. The Labute approximate surface area is 168 Å². The standard InChI is InChI=1S/C17H17N5O2S3/c1-22(2)12-7-5-11(6-8-12)18-14(23)10-26-17-21-20-16(27-17)19-15(24)13-4-3-9-25-13/h3-9H,10H2,1-2H3,(H,18,23)(H,19,20,24). The lowest BCUT2D eigenvalue weighted by Gasteiger charge is -2.12. The molecule has 3 aromatic rings. The fourth-order valence-electron chi connectivity index (χ4n) is 2.05. The molecule has 0 radical (unpaired) electrons. The molecule has 0 saturated heterocycles. The Morgan fingerprint density at radius 2 is 1.89 bits per heavy atom. The first kappa shape index (κ1) is 19.3. The van der Waals surface area contributed by atoms with Crippen LogP contribution in [0.3, 0.4) is 0 Å². The van der Waals surface area contributed by atoms with Crippen molar-refractivity contribution in [3.8, 4) is 0 Å². The molecule has 0 atom stereocenters. The number of aromatic nitrogens is 2. The summed E-state index contributed by atoms with van der Waals surface area (Å²) in [7, 11) is 3.92. The van der Waals surface area contributed by atoms with Crippen molar-refractivity contribution >= 4 is 62.8 Å². The minimum atomic E-state index is -0.211. The first-order valence-corrected chi connectivity index (χ1v) is 10.6. The smallest absolute Gasteiger partial charge is 0.267 e. The number of carbonyl (C=O) groups excluding carboxylic acids is 2. The Morgan fingerprint density at radius 1 is 1.11 bits per heavy atom. The average Bonchev–Trinajstić information content (AvgIpc) is 3.32. The van der Waals surface area contributed by atoms with Crippen molar-refractivity contribution < 1.29 is 9.59 Å². The highest BCUT2D eigenvalue weighted by Gasteiger charge is 2.12. The number of nitrogens with one attached hydrogen (secondary N) is 2. The highest BCUT2D eigenvalue weighted by molar-refractivity contribution is 8.01. The predicted octanol–water partition coefficient (Wildman–Crippen LogP) is 3.65. The molecular weight excluding hydrogens is 402 g/mol. The van der Waals surface area contributed by atoms with Crippen LogP contribution in [0.25, 0.3) is 0 Å². The largest absolute Gasteiger partial charge is 0.378 e. The van der Waals surface area contributed by atoms with E-state index in [-0.39, 0.29) is 17.6 Å². The third kappa shape index (κ3) is 5.52. The van der Waals surface area contributed by atoms with Gasteiger partial charge in [0.15, 0.2) is 4.34 Å². The number of anilines is 3. The molecule has 0 bridgehead atoms. The molecule has 0 spiro atoms. The number of thiophene rings is 1. The summed E-state index contributed by atoms with van der Waals surface area (Å²) in [6, 6.07) is 11.2. The lowest BCUT2D eigenvalue weighted by atomic mass is 10.2. The summed E-state index contributed by atoms with van der Waals surface area (Å²) in [5.41, 5.74) is 1.81. The minimum Gasteiger partial charge on any atom is -0.378 e. The zero-order chi connectivity index (χ0) is 19.2. The van der Waals surface area contributed by atoms with E-state index in [4.69, 9.17) is 0 Å². The summed E-state index contributed by atoms with van der Waals surface area (Å²) in [5, 5.41) is 15.7. The number of carbonyl (C=O) groups is 2. The molecule has 3 rings (SSSR count). The van der Waals surface area contributed by atoms with E-state index in [9.17, 15) is 9.59 Å². The van der Waals surface area contributed by atoms with Crippen LogP contribution < -0.4 is 15.5 Å². The Hall–Kier alpha value is -2.43. The molecule has 0 unspecified atom stereocenters. The van der Waals surface area contributed by atoms with Crippen LogP contribution in [0.1, 0.15) is 9.67 Å². The van der Waals surface area contributed by atoms with Crippen LogP contribution >= 0.6 is 34.4 Å². The lowest BCUT2D eigenvalue weighted by Crippen LogP contribution is -2.14. The van der Waals surface area contributed by atoms with Gasteiger partial charge in [0.1, 0.15) is 0 Å². The zero-order valence-electron chi connectivity index (χ0n) is 14.6. The molecule has 7 nitrogen and oxygen atoms in total. The highest BCUT2D eigenvalue weighted by Crippen LogP contribution is 2.26. The van der Waals surface area contributed by atoms with Gasteiger partial charge < -0.3 is 10.2 Å². The van der Waals surface area contributed by atoms with Crippen molar-refractivity contribution in [2.45, 2.75) is 4.34 Å². The van der Waals surface area contributed by atoms with Crippen LogP contribution in [0, 0.1) is 0 Å². The number of amides is 2. The van der Waals surface area contributed by atoms with Gasteiger partial charge >= 0.3 is 0 Å². The molecule has 27 heavy (non-hydrogen) atoms. The molecule has 0 saturated carbocycles. The summed E-state index contributed by atoms with van der Waals surface area (Å²) in [5.74, 6) is -0.128. The fourth-order valence-corrected chi connectivity index (χ4v) is 4.22. The van der Waals surface area contributed by atoms with Crippen molar-refractivity contribution in [2.75, 3.05) is 35.4 Å². The number of hydrogen-bond donors (Lipinski definition) is 2. The second-order valence-electron chi connectivity index (χ2n) is 5.58. The Balaban J connectivity index is 1.47. The Kier molecular flexibility index (Phi) is 6.43. The van der Waals surface area contributed by atoms with Gasteiger partial charge in [0.05, 0.1) is 10.6 Å². The topological polar surface area (TPSA) is 87.2 Å². The molecule has 140 valence electrons. The third-order valence-corrected chi connectivity index (χ3v) is 6.21. The van der Waals surface area contributed by atoms with Crippen LogP contribution in [-0.2, 0) is 4.79 Å². The number of thioether (sulfide) groups is 1. The van der Waals surface area contributed by atoms with Gasteiger partial charge in [-0.15, -0.1) is 21.5 Å². The van der Waals surface area contributed by atoms with E-state index in [1.807, 2.05) is 54.7 Å². The van der Waals surface area contributed by atoms with E-state index in [1.165, 1.54) is 34.4 Å². The monoisotopic (exact) mass is 419 g/mol. The van der Waals surface area contributed by atoms with Crippen LogP contribution in [0.15, 0.2) is 46.1 Å². The van der Waals surface area contributed by atoms with Gasteiger partial charge in [-0.3, -0.25) is 14.9 Å². The van der Waals surface area contributed by atoms with Crippen molar-refractivity contribution in [2.24, 2.45) is 0 Å². The zero-order valence-corrected chi connectivity index (χ0v) is 17.1. The maximum atomic E-state index is 12.1. The minimum absolute atomic E-state index is 0.128. The first-order chi connectivity index (χ1) is 13.0. The van der Waals surface area contributed by atoms with E-state index in [1.54, 1.807) is 6.07 Å². The molecule has 2 amide bonds. The van der Waals surface area contributed by atoms with Crippen molar-refractivity contribution in [3.63, 3.8) is 0 Å². The second-order valence-corrected chi connectivity index (χ2v) is 8.73. The van der Waals surface area contributed by atoms with Gasteiger partial charge in [0, 0.05) is 25.5 Å². The van der Waals surface area contributed by atoms with Crippen molar-refractivity contribution in [1.29, 1.82) is 0 Å². The summed E-state index contributed by atoms with van der Waals surface area (Å²) in [6.07, 6.45) is 0. The Bertz CT molecular complexity index is 907. The SMILES string of the molecule is CN(C)c1ccc(NC(=O)CSc2nnc(NC(=O)c3cccs3)s2)cc1. The molecule has 10 heteroatoms. The van der Waals surface area contributed by atoms with Gasteiger partial charge in [-0.1, -0.05) is 29.2 Å². The summed E-state index contributed by atoms with van der Waals surface area (Å²) >= 11 is 3.88. The Morgan fingerprint density at radius 3 is 2.56 bits per heavy atom. The predicted molar refractivity (Wildman–Crippen MR) is 112 cm³/mol. The van der Waals surface area contributed by atoms with Crippen LogP contribution in [-0.4, -0.2) is 41.9 Å². The second kappa shape index (κ2) is 8.98. The maximum absolute atomic E-state index is 12.1. The molecule has 2 heterocycles. The van der Waals surface area contributed by atoms with Gasteiger partial charge in [-0.2, -0.15) is 0 Å². The highest BCUT2D eigenvalue weighted by atomic mass is 32.2. The third-order valence-electron chi connectivity index (χ3n) is 3.37. The van der Waals surface area contributed by atoms with Crippen LogP contribution in [0.4, 0.5) is 16.5 Å². The molecular formula is C17H17N5O2S3. The summed E-state index contributed by atoms with van der Waals surface area (Å²) in [4.78, 5) is 26.7. The van der Waals surface area contributed by atoms with E-state index in [0.29, 0.717) is 14.3 Å². The number of nitrogens with zero attached hydrogens (tertiary/aromatic N) is 3. The van der Waals surface area contributed by atoms with Gasteiger partial charge in [-0.05, 0) is 35.7 Å². The van der Waals surface area contributed by atoms with Crippen LogP contribution in [0.2, 0.25) is 0 Å². The van der Waals surface area contributed by atoms with Crippen molar-refractivity contribution in [3.05, 3.63) is 46.7 Å². The molecule has 0 aliphatic carbocycles. The number of rotatable bonds is 7. The summed E-state index contributed by atoms with van der Waals surface area (Å²) in [6.45, 7) is 0. The fraction of sp³-hybridized carbons (Fsp3) is 0.176. The van der Waals surface area contributed by atoms with Crippen molar-refractivity contribution in [1.82, 2.24) is 10.2 Å². The number of benzene rings is 1. The molecule has 2 N–H and O–H groups in total. The van der Waals surface area contributed by atoms with Gasteiger partial charge in [0.2, 0.25) is 11.0 Å².